The van der Waals surface area contributed by atoms with Gasteiger partial charge in [-0.15, -0.1) is 10.2 Å². The molecule has 0 radical (unpaired) electrons. The minimum Gasteiger partial charge on any atom is -0.508 e. The van der Waals surface area contributed by atoms with Crippen LogP contribution < -0.4 is 10.6 Å². The molecule has 5 nitrogen and oxygen atoms in total. The molecule has 1 aliphatic heterocycles. The second-order valence-electron chi connectivity index (χ2n) is 7.30. The lowest BCUT2D eigenvalue weighted by Gasteiger charge is -2.23. The molecule has 1 aliphatic carbocycles. The van der Waals surface area contributed by atoms with Crippen LogP contribution in [0.2, 0.25) is 0 Å². The van der Waals surface area contributed by atoms with Crippen molar-refractivity contribution in [2.75, 3.05) is 11.9 Å². The monoisotopic (exact) mass is 338 g/mol. The Kier molecular flexibility index (Phi) is 4.83. The maximum Gasteiger partial charge on any atom is 0.148 e. The number of aryl methyl sites for hydroxylation is 1. The Hall–Kier alpha value is -2.14. The lowest BCUT2D eigenvalue weighted by molar-refractivity contribution is 0.382. The Morgan fingerprint density at radius 2 is 2.00 bits per heavy atom. The summed E-state index contributed by atoms with van der Waals surface area (Å²) in [6, 6.07) is 10.9. The molecule has 0 spiro atoms. The molecule has 1 atom stereocenters. The molecule has 1 saturated heterocycles. The summed E-state index contributed by atoms with van der Waals surface area (Å²) < 4.78 is 0. The van der Waals surface area contributed by atoms with Gasteiger partial charge >= 0.3 is 0 Å². The van der Waals surface area contributed by atoms with Crippen LogP contribution >= 0.6 is 0 Å². The molecule has 2 aromatic rings. The van der Waals surface area contributed by atoms with Crippen LogP contribution in [0.4, 0.5) is 5.82 Å². The first-order valence-electron chi connectivity index (χ1n) is 9.43. The fourth-order valence-corrected chi connectivity index (χ4v) is 3.48. The minimum atomic E-state index is 0.297. The highest BCUT2D eigenvalue weighted by molar-refractivity contribution is 5.63. The molecule has 5 heteroatoms. The number of rotatable bonds is 6. The number of benzene rings is 1. The summed E-state index contributed by atoms with van der Waals surface area (Å²) >= 11 is 0. The Morgan fingerprint density at radius 3 is 2.72 bits per heavy atom. The molecule has 2 aliphatic rings. The van der Waals surface area contributed by atoms with Crippen LogP contribution in [0.3, 0.4) is 0 Å². The summed E-state index contributed by atoms with van der Waals surface area (Å²) in [5, 5.41) is 25.6. The molecule has 1 unspecified atom stereocenters. The van der Waals surface area contributed by atoms with Crippen LogP contribution in [0.15, 0.2) is 30.3 Å². The minimum absolute atomic E-state index is 0.297. The Labute approximate surface area is 148 Å². The van der Waals surface area contributed by atoms with E-state index in [1.54, 1.807) is 6.07 Å². The van der Waals surface area contributed by atoms with E-state index in [-0.39, 0.29) is 0 Å². The van der Waals surface area contributed by atoms with Crippen LogP contribution in [0.5, 0.6) is 5.75 Å². The van der Waals surface area contributed by atoms with Gasteiger partial charge in [0.15, 0.2) is 0 Å². The molecular formula is C20H26N4O. The fraction of sp³-hybridized carbons (Fsp3) is 0.500. The van der Waals surface area contributed by atoms with Crippen molar-refractivity contribution in [2.45, 2.75) is 57.0 Å². The Morgan fingerprint density at radius 1 is 1.08 bits per heavy atom. The number of anilines is 1. The largest absolute Gasteiger partial charge is 0.508 e. The molecule has 0 bridgehead atoms. The predicted molar refractivity (Wildman–Crippen MR) is 99.7 cm³/mol. The Bertz CT molecular complexity index is 706. The molecule has 25 heavy (non-hydrogen) atoms. The highest BCUT2D eigenvalue weighted by atomic mass is 16.3. The number of phenols is 1. The average Bonchev–Trinajstić information content (AvgIpc) is 3.45. The highest BCUT2D eigenvalue weighted by Gasteiger charge is 2.21. The van der Waals surface area contributed by atoms with Crippen molar-refractivity contribution in [3.05, 3.63) is 35.9 Å². The quantitative estimate of drug-likeness (QED) is 0.752. The standard InChI is InChI=1S/C20H26N4O/c25-18-12-14(4-5-16-3-1-2-10-21-16)11-15(13-18)19-8-9-20(24-23-19)22-17-6-7-17/h8-9,11-13,16-17,21,25H,1-7,10H2,(H,22,24). The van der Waals surface area contributed by atoms with E-state index in [1.807, 2.05) is 18.2 Å². The van der Waals surface area contributed by atoms with Gasteiger partial charge in [0.05, 0.1) is 5.69 Å². The number of hydrogen-bond acceptors (Lipinski definition) is 5. The van der Waals surface area contributed by atoms with Gasteiger partial charge in [-0.1, -0.05) is 6.42 Å². The summed E-state index contributed by atoms with van der Waals surface area (Å²) in [6.45, 7) is 1.13. The fourth-order valence-electron chi connectivity index (χ4n) is 3.48. The van der Waals surface area contributed by atoms with Crippen LogP contribution in [-0.4, -0.2) is 33.9 Å². The predicted octanol–water partition coefficient (Wildman–Crippen LogP) is 3.50. The van der Waals surface area contributed by atoms with E-state index in [0.717, 1.165) is 42.0 Å². The van der Waals surface area contributed by atoms with Crippen molar-refractivity contribution >= 4 is 5.82 Å². The number of hydrogen-bond donors (Lipinski definition) is 3. The van der Waals surface area contributed by atoms with Crippen molar-refractivity contribution in [3.63, 3.8) is 0 Å². The van der Waals surface area contributed by atoms with Gasteiger partial charge in [0, 0.05) is 17.6 Å². The zero-order chi connectivity index (χ0) is 17.1. The van der Waals surface area contributed by atoms with Crippen molar-refractivity contribution in [1.29, 1.82) is 0 Å². The van der Waals surface area contributed by atoms with E-state index in [2.05, 4.69) is 26.9 Å². The van der Waals surface area contributed by atoms with E-state index in [0.29, 0.717) is 17.8 Å². The first kappa shape index (κ1) is 16.3. The molecule has 1 aromatic heterocycles. The SMILES string of the molecule is Oc1cc(CCC2CCCCN2)cc(-c2ccc(NC3CC3)nn2)c1. The van der Waals surface area contributed by atoms with Gasteiger partial charge in [0.1, 0.15) is 11.6 Å². The first-order chi connectivity index (χ1) is 12.3. The van der Waals surface area contributed by atoms with Gasteiger partial charge in [-0.3, -0.25) is 0 Å². The number of nitrogens with zero attached hydrogens (tertiary/aromatic N) is 2. The molecule has 0 amide bonds. The van der Waals surface area contributed by atoms with Crippen LogP contribution in [0, 0.1) is 0 Å². The molecular weight excluding hydrogens is 312 g/mol. The first-order valence-corrected chi connectivity index (χ1v) is 9.43. The third-order valence-electron chi connectivity index (χ3n) is 5.06. The summed E-state index contributed by atoms with van der Waals surface area (Å²) in [7, 11) is 0. The molecule has 1 aromatic carbocycles. The number of aromatic hydroxyl groups is 1. The Balaban J connectivity index is 1.44. The third kappa shape index (κ3) is 4.48. The summed E-state index contributed by atoms with van der Waals surface area (Å²) in [4.78, 5) is 0. The van der Waals surface area contributed by atoms with E-state index in [1.165, 1.54) is 32.1 Å². The number of nitrogens with one attached hydrogen (secondary N) is 2. The van der Waals surface area contributed by atoms with Crippen molar-refractivity contribution in [1.82, 2.24) is 15.5 Å². The van der Waals surface area contributed by atoms with Gasteiger partial charge in [0.25, 0.3) is 0 Å². The second kappa shape index (κ2) is 7.40. The average molecular weight is 338 g/mol. The van der Waals surface area contributed by atoms with Crippen LogP contribution in [0.25, 0.3) is 11.3 Å². The van der Waals surface area contributed by atoms with Crippen molar-refractivity contribution in [2.24, 2.45) is 0 Å². The van der Waals surface area contributed by atoms with Crippen molar-refractivity contribution in [3.8, 4) is 17.0 Å². The third-order valence-corrected chi connectivity index (χ3v) is 5.06. The van der Waals surface area contributed by atoms with E-state index >= 15 is 0 Å². The van der Waals surface area contributed by atoms with E-state index in [4.69, 9.17) is 0 Å². The zero-order valence-electron chi connectivity index (χ0n) is 14.5. The van der Waals surface area contributed by atoms with Crippen molar-refractivity contribution < 1.29 is 5.11 Å². The molecule has 132 valence electrons. The van der Waals surface area contributed by atoms with E-state index < -0.39 is 0 Å². The normalized spacial score (nSPS) is 20.4. The number of phenolic OH excluding ortho intramolecular Hbond substituents is 1. The van der Waals surface area contributed by atoms with Gasteiger partial charge in [-0.25, -0.2) is 0 Å². The lowest BCUT2D eigenvalue weighted by Crippen LogP contribution is -2.34. The van der Waals surface area contributed by atoms with Gasteiger partial charge in [0.2, 0.25) is 0 Å². The molecule has 2 heterocycles. The molecule has 2 fully saturated rings. The lowest BCUT2D eigenvalue weighted by atomic mass is 9.96. The van der Waals surface area contributed by atoms with Gasteiger partial charge < -0.3 is 15.7 Å². The topological polar surface area (TPSA) is 70.1 Å². The second-order valence-corrected chi connectivity index (χ2v) is 7.30. The molecule has 3 N–H and O–H groups in total. The maximum absolute atomic E-state index is 10.1. The number of piperidine rings is 1. The summed E-state index contributed by atoms with van der Waals surface area (Å²) in [5.41, 5.74) is 2.88. The summed E-state index contributed by atoms with van der Waals surface area (Å²) in [5.74, 6) is 1.13. The number of aromatic nitrogens is 2. The smallest absolute Gasteiger partial charge is 0.148 e. The van der Waals surface area contributed by atoms with Gasteiger partial charge in [-0.2, -0.15) is 0 Å². The highest BCUT2D eigenvalue weighted by Crippen LogP contribution is 2.27. The van der Waals surface area contributed by atoms with Gasteiger partial charge in [-0.05, 0) is 81.0 Å². The molecule has 4 rings (SSSR count). The van der Waals surface area contributed by atoms with Crippen LogP contribution in [0.1, 0.15) is 44.1 Å². The molecule has 1 saturated carbocycles. The van der Waals surface area contributed by atoms with E-state index in [9.17, 15) is 5.11 Å². The maximum atomic E-state index is 10.1. The zero-order valence-corrected chi connectivity index (χ0v) is 14.5. The summed E-state index contributed by atoms with van der Waals surface area (Å²) in [6.07, 6.45) is 8.38. The van der Waals surface area contributed by atoms with Crippen LogP contribution in [-0.2, 0) is 6.42 Å².